The third kappa shape index (κ3) is 6.59. The van der Waals surface area contributed by atoms with Crippen LogP contribution in [0.2, 0.25) is 0 Å². The molecule has 30 heavy (non-hydrogen) atoms. The van der Waals surface area contributed by atoms with Gasteiger partial charge >= 0.3 is 12.0 Å². The van der Waals surface area contributed by atoms with Crippen molar-refractivity contribution >= 4 is 29.5 Å². The number of carbonyl (C=O) groups is 4. The van der Waals surface area contributed by atoms with Crippen molar-refractivity contribution in [2.75, 3.05) is 11.9 Å². The van der Waals surface area contributed by atoms with Crippen molar-refractivity contribution in [2.45, 2.75) is 25.8 Å². The average molecular weight is 413 g/mol. The SMILES string of the molecule is CCc1ncccc1C(CC(=O)O)NC(=O)CNC(=O)c1cccc(NC(N)=O)c1. The lowest BCUT2D eigenvalue weighted by Gasteiger charge is -2.19. The number of nitrogens with one attached hydrogen (secondary N) is 3. The summed E-state index contributed by atoms with van der Waals surface area (Å²) in [6.07, 6.45) is 1.86. The molecular formula is C20H23N5O5. The summed E-state index contributed by atoms with van der Waals surface area (Å²) in [7, 11) is 0. The van der Waals surface area contributed by atoms with Crippen molar-refractivity contribution < 1.29 is 24.3 Å². The number of aromatic nitrogens is 1. The Morgan fingerprint density at radius 3 is 2.60 bits per heavy atom. The zero-order valence-corrected chi connectivity index (χ0v) is 16.3. The van der Waals surface area contributed by atoms with Gasteiger partial charge in [-0.1, -0.05) is 19.1 Å². The molecule has 0 fully saturated rings. The van der Waals surface area contributed by atoms with E-state index < -0.39 is 29.9 Å². The van der Waals surface area contributed by atoms with Gasteiger partial charge in [0, 0.05) is 23.1 Å². The smallest absolute Gasteiger partial charge is 0.316 e. The number of carboxylic acids is 1. The van der Waals surface area contributed by atoms with E-state index in [1.54, 1.807) is 30.5 Å². The van der Waals surface area contributed by atoms with E-state index in [1.807, 2.05) is 6.92 Å². The van der Waals surface area contributed by atoms with E-state index in [0.29, 0.717) is 23.4 Å². The van der Waals surface area contributed by atoms with E-state index in [-0.39, 0.29) is 18.5 Å². The number of anilines is 1. The molecule has 4 amide bonds. The van der Waals surface area contributed by atoms with Gasteiger partial charge in [-0.2, -0.15) is 0 Å². The maximum absolute atomic E-state index is 12.3. The predicted molar refractivity (Wildman–Crippen MR) is 109 cm³/mol. The normalized spacial score (nSPS) is 11.2. The first-order valence-electron chi connectivity index (χ1n) is 9.19. The number of nitrogens with zero attached hydrogens (tertiary/aromatic N) is 1. The Morgan fingerprint density at radius 2 is 1.93 bits per heavy atom. The van der Waals surface area contributed by atoms with E-state index in [4.69, 9.17) is 5.73 Å². The highest BCUT2D eigenvalue weighted by Crippen LogP contribution is 2.20. The molecule has 1 unspecified atom stereocenters. The maximum atomic E-state index is 12.3. The van der Waals surface area contributed by atoms with Crippen molar-refractivity contribution in [3.8, 4) is 0 Å². The molecule has 1 atom stereocenters. The van der Waals surface area contributed by atoms with Gasteiger partial charge in [-0.05, 0) is 36.2 Å². The second-order valence-corrected chi connectivity index (χ2v) is 6.36. The number of aliphatic carboxylic acids is 1. The molecule has 1 aromatic heterocycles. The molecule has 0 bridgehead atoms. The number of primary amides is 1. The number of nitrogens with two attached hydrogens (primary N) is 1. The van der Waals surface area contributed by atoms with Crippen molar-refractivity contribution in [1.29, 1.82) is 0 Å². The molecule has 10 heteroatoms. The third-order valence-corrected chi connectivity index (χ3v) is 4.15. The quantitative estimate of drug-likeness (QED) is 0.414. The van der Waals surface area contributed by atoms with E-state index in [9.17, 15) is 24.3 Å². The second kappa shape index (κ2) is 10.6. The molecule has 10 nitrogen and oxygen atoms in total. The molecule has 2 aromatic rings. The topological polar surface area (TPSA) is 164 Å². The Morgan fingerprint density at radius 1 is 1.17 bits per heavy atom. The Kier molecular flexibility index (Phi) is 7.86. The van der Waals surface area contributed by atoms with Gasteiger partial charge in [-0.3, -0.25) is 19.4 Å². The predicted octanol–water partition coefficient (Wildman–Crippen LogP) is 1.20. The number of carboxylic acid groups (broad SMARTS) is 1. The Labute approximate surface area is 172 Å². The van der Waals surface area contributed by atoms with Crippen molar-refractivity contribution in [3.05, 3.63) is 59.4 Å². The number of aryl methyl sites for hydroxylation is 1. The van der Waals surface area contributed by atoms with Gasteiger partial charge in [0.1, 0.15) is 0 Å². The fourth-order valence-corrected chi connectivity index (χ4v) is 2.86. The Balaban J connectivity index is 2.02. The first-order valence-corrected chi connectivity index (χ1v) is 9.19. The zero-order valence-electron chi connectivity index (χ0n) is 16.3. The highest BCUT2D eigenvalue weighted by Gasteiger charge is 2.21. The summed E-state index contributed by atoms with van der Waals surface area (Å²) in [4.78, 5) is 51.0. The van der Waals surface area contributed by atoms with Gasteiger partial charge in [0.05, 0.1) is 19.0 Å². The summed E-state index contributed by atoms with van der Waals surface area (Å²) >= 11 is 0. The molecule has 0 saturated carbocycles. The van der Waals surface area contributed by atoms with Gasteiger partial charge in [0.15, 0.2) is 0 Å². The minimum absolute atomic E-state index is 0.219. The molecule has 6 N–H and O–H groups in total. The lowest BCUT2D eigenvalue weighted by atomic mass is 10.0. The van der Waals surface area contributed by atoms with Crippen LogP contribution in [-0.2, 0) is 16.0 Å². The lowest BCUT2D eigenvalue weighted by Crippen LogP contribution is -2.39. The number of hydrogen-bond acceptors (Lipinski definition) is 5. The molecule has 0 aliphatic rings. The average Bonchev–Trinajstić information content (AvgIpc) is 2.70. The van der Waals surface area contributed by atoms with Crippen molar-refractivity contribution in [3.63, 3.8) is 0 Å². The van der Waals surface area contributed by atoms with E-state index in [1.165, 1.54) is 12.1 Å². The van der Waals surface area contributed by atoms with Crippen LogP contribution in [-0.4, -0.2) is 40.5 Å². The summed E-state index contributed by atoms with van der Waals surface area (Å²) in [5.74, 6) is -2.16. The second-order valence-electron chi connectivity index (χ2n) is 6.36. The van der Waals surface area contributed by atoms with Gasteiger partial charge in [-0.25, -0.2) is 4.79 Å². The number of amides is 4. The largest absolute Gasteiger partial charge is 0.481 e. The molecular weight excluding hydrogens is 390 g/mol. The summed E-state index contributed by atoms with van der Waals surface area (Å²) in [6.45, 7) is 1.52. The van der Waals surface area contributed by atoms with E-state index >= 15 is 0 Å². The van der Waals surface area contributed by atoms with Crippen LogP contribution in [0.25, 0.3) is 0 Å². The first-order chi connectivity index (χ1) is 14.3. The molecule has 0 spiro atoms. The van der Waals surface area contributed by atoms with Gasteiger partial charge < -0.3 is 26.8 Å². The van der Waals surface area contributed by atoms with Gasteiger partial charge in [0.2, 0.25) is 5.91 Å². The van der Waals surface area contributed by atoms with Crippen LogP contribution < -0.4 is 21.7 Å². The standard InChI is InChI=1S/C20H23N5O5/c1-2-15-14(7-4-8-22-15)16(10-18(27)28)25-17(26)11-23-19(29)12-5-3-6-13(9-12)24-20(21)30/h3-9,16H,2,10-11H2,1H3,(H,23,29)(H,25,26)(H,27,28)(H3,21,24,30). The first kappa shape index (κ1) is 22.3. The minimum atomic E-state index is -1.07. The van der Waals surface area contributed by atoms with Gasteiger partial charge in [0.25, 0.3) is 5.91 Å². The molecule has 0 saturated heterocycles. The molecule has 1 heterocycles. The third-order valence-electron chi connectivity index (χ3n) is 4.15. The zero-order chi connectivity index (χ0) is 22.1. The van der Waals surface area contributed by atoms with Crippen LogP contribution >= 0.6 is 0 Å². The fourth-order valence-electron chi connectivity index (χ4n) is 2.86. The lowest BCUT2D eigenvalue weighted by molar-refractivity contribution is -0.137. The fraction of sp³-hybridized carbons (Fsp3) is 0.250. The van der Waals surface area contributed by atoms with Gasteiger partial charge in [-0.15, -0.1) is 0 Å². The van der Waals surface area contributed by atoms with E-state index in [0.717, 1.165) is 0 Å². The van der Waals surface area contributed by atoms with E-state index in [2.05, 4.69) is 20.9 Å². The molecule has 1 aromatic carbocycles. The summed E-state index contributed by atoms with van der Waals surface area (Å²) in [5, 5.41) is 16.6. The van der Waals surface area contributed by atoms with Crippen molar-refractivity contribution in [2.24, 2.45) is 5.73 Å². The Bertz CT molecular complexity index is 947. The number of urea groups is 1. The Hall–Kier alpha value is -3.95. The number of benzene rings is 1. The summed E-state index contributed by atoms with van der Waals surface area (Å²) in [5.41, 5.74) is 6.91. The molecule has 158 valence electrons. The summed E-state index contributed by atoms with van der Waals surface area (Å²) in [6, 6.07) is 7.88. The van der Waals surface area contributed by atoms with Crippen molar-refractivity contribution in [1.82, 2.24) is 15.6 Å². The highest BCUT2D eigenvalue weighted by molar-refractivity contribution is 5.98. The molecule has 0 radical (unpaired) electrons. The maximum Gasteiger partial charge on any atom is 0.316 e. The number of rotatable bonds is 9. The van der Waals surface area contributed by atoms with Crippen LogP contribution in [0.1, 0.15) is 41.0 Å². The molecule has 2 rings (SSSR count). The van der Waals surface area contributed by atoms with Crippen LogP contribution in [0.4, 0.5) is 10.5 Å². The monoisotopic (exact) mass is 413 g/mol. The van der Waals surface area contributed by atoms with Crippen LogP contribution in [0.5, 0.6) is 0 Å². The van der Waals surface area contributed by atoms with Crippen LogP contribution in [0.3, 0.4) is 0 Å². The number of carbonyl (C=O) groups excluding carboxylic acids is 3. The molecule has 0 aliphatic carbocycles. The van der Waals surface area contributed by atoms with Crippen LogP contribution in [0.15, 0.2) is 42.6 Å². The van der Waals surface area contributed by atoms with Crippen LogP contribution in [0, 0.1) is 0 Å². The summed E-state index contributed by atoms with van der Waals surface area (Å²) < 4.78 is 0. The number of pyridine rings is 1. The minimum Gasteiger partial charge on any atom is -0.481 e. The number of hydrogen-bond donors (Lipinski definition) is 5. The highest BCUT2D eigenvalue weighted by atomic mass is 16.4. The molecule has 0 aliphatic heterocycles.